The number of aliphatic carboxylic acids is 1. The maximum atomic E-state index is 13.0. The first-order chi connectivity index (χ1) is 15.3. The third-order valence-electron chi connectivity index (χ3n) is 4.85. The highest BCUT2D eigenvalue weighted by Gasteiger charge is 2.32. The lowest BCUT2D eigenvalue weighted by Gasteiger charge is -2.27. The number of carboxylic acids is 1. The first kappa shape index (κ1) is 30.7. The van der Waals surface area contributed by atoms with E-state index in [4.69, 9.17) is 11.5 Å². The molecule has 0 spiro atoms. The molecule has 0 radical (unpaired) electrons. The van der Waals surface area contributed by atoms with Gasteiger partial charge in [0.2, 0.25) is 23.6 Å². The van der Waals surface area contributed by atoms with Crippen molar-refractivity contribution in [3.05, 3.63) is 0 Å². The minimum atomic E-state index is -1.33. The summed E-state index contributed by atoms with van der Waals surface area (Å²) in [4.78, 5) is 60.6. The molecule has 0 aromatic rings. The van der Waals surface area contributed by atoms with E-state index in [0.29, 0.717) is 18.6 Å². The van der Waals surface area contributed by atoms with Gasteiger partial charge in [-0.25, -0.2) is 4.79 Å². The van der Waals surface area contributed by atoms with Gasteiger partial charge < -0.3 is 32.5 Å². The van der Waals surface area contributed by atoms with Gasteiger partial charge in [0.15, 0.2) is 0 Å². The Morgan fingerprint density at radius 2 is 1.45 bits per heavy atom. The number of hydrogen-bond donors (Lipinski definition) is 6. The van der Waals surface area contributed by atoms with Gasteiger partial charge in [0.25, 0.3) is 0 Å². The molecule has 0 saturated heterocycles. The van der Waals surface area contributed by atoms with Gasteiger partial charge in [0.05, 0.1) is 6.04 Å². The van der Waals surface area contributed by atoms with Crippen LogP contribution in [0.3, 0.4) is 0 Å². The summed E-state index contributed by atoms with van der Waals surface area (Å²) in [7, 11) is 0. The van der Waals surface area contributed by atoms with E-state index < -0.39 is 53.8 Å². The second-order valence-corrected chi connectivity index (χ2v) is 9.70. The summed E-state index contributed by atoms with van der Waals surface area (Å²) >= 11 is 1.56. The number of carbonyl (C=O) groups excluding carboxylic acids is 4. The van der Waals surface area contributed by atoms with Crippen LogP contribution in [0.4, 0.5) is 0 Å². The molecule has 4 amide bonds. The maximum absolute atomic E-state index is 13.0. The highest BCUT2D eigenvalue weighted by atomic mass is 32.2. The van der Waals surface area contributed by atoms with Gasteiger partial charge in [0.1, 0.15) is 18.1 Å². The van der Waals surface area contributed by atoms with E-state index in [-0.39, 0.29) is 24.7 Å². The van der Waals surface area contributed by atoms with Crippen LogP contribution in [0.2, 0.25) is 0 Å². The first-order valence-electron chi connectivity index (χ1n) is 11.0. The normalized spacial score (nSPS) is 14.8. The number of primary amides is 1. The molecular weight excluding hydrogens is 450 g/mol. The van der Waals surface area contributed by atoms with Crippen LogP contribution in [-0.2, 0) is 24.0 Å². The van der Waals surface area contributed by atoms with Gasteiger partial charge in [-0.15, -0.1) is 0 Å². The Labute approximate surface area is 199 Å². The summed E-state index contributed by atoms with van der Waals surface area (Å²) in [5.74, 6) is -3.33. The third kappa shape index (κ3) is 12.5. The topological polar surface area (TPSA) is 194 Å². The van der Waals surface area contributed by atoms with Crippen LogP contribution < -0.4 is 27.4 Å². The Morgan fingerprint density at radius 3 is 1.91 bits per heavy atom. The van der Waals surface area contributed by atoms with Crippen LogP contribution in [0, 0.1) is 11.8 Å². The van der Waals surface area contributed by atoms with E-state index in [2.05, 4.69) is 16.0 Å². The molecule has 0 aromatic heterocycles. The molecule has 0 fully saturated rings. The third-order valence-corrected chi connectivity index (χ3v) is 5.49. The minimum Gasteiger partial charge on any atom is -0.480 e. The van der Waals surface area contributed by atoms with Gasteiger partial charge >= 0.3 is 5.97 Å². The molecule has 0 aromatic carbocycles. The molecule has 0 saturated carbocycles. The minimum absolute atomic E-state index is 0.0694. The number of rotatable bonds is 16. The van der Waals surface area contributed by atoms with E-state index in [9.17, 15) is 29.1 Å². The van der Waals surface area contributed by atoms with Crippen molar-refractivity contribution < 1.29 is 29.1 Å². The fraction of sp³-hybridized carbons (Fsp3) is 0.762. The van der Waals surface area contributed by atoms with Crippen LogP contribution in [-0.4, -0.2) is 70.9 Å². The lowest BCUT2D eigenvalue weighted by molar-refractivity contribution is -0.143. The molecule has 0 heterocycles. The average molecular weight is 490 g/mol. The summed E-state index contributed by atoms with van der Waals surface area (Å²) in [6, 6.07) is -4.05. The second-order valence-electron chi connectivity index (χ2n) is 8.71. The van der Waals surface area contributed by atoms with Crippen LogP contribution in [0.1, 0.15) is 53.4 Å². The quantitative estimate of drug-likeness (QED) is 0.168. The zero-order valence-electron chi connectivity index (χ0n) is 20.1. The average Bonchev–Trinajstić information content (AvgIpc) is 2.71. The number of hydrogen-bond acceptors (Lipinski definition) is 7. The van der Waals surface area contributed by atoms with Gasteiger partial charge in [-0.2, -0.15) is 11.8 Å². The number of nitrogens with one attached hydrogen (secondary N) is 3. The molecule has 4 atom stereocenters. The Hall–Kier alpha value is -2.34. The van der Waals surface area contributed by atoms with E-state index in [1.165, 1.54) is 0 Å². The van der Waals surface area contributed by atoms with Crippen molar-refractivity contribution in [1.29, 1.82) is 0 Å². The maximum Gasteiger partial charge on any atom is 0.326 e. The highest BCUT2D eigenvalue weighted by molar-refractivity contribution is 7.98. The molecule has 33 heavy (non-hydrogen) atoms. The van der Waals surface area contributed by atoms with Crippen LogP contribution in [0.25, 0.3) is 0 Å². The number of nitrogens with two attached hydrogens (primary N) is 2. The highest BCUT2D eigenvalue weighted by Crippen LogP contribution is 2.10. The summed E-state index contributed by atoms with van der Waals surface area (Å²) in [6.07, 6.45) is 2.31. The number of thioether (sulfide) groups is 1. The van der Waals surface area contributed by atoms with Crippen LogP contribution in [0.15, 0.2) is 0 Å². The fourth-order valence-electron chi connectivity index (χ4n) is 2.95. The van der Waals surface area contributed by atoms with Crippen LogP contribution >= 0.6 is 11.8 Å². The Bertz CT molecular complexity index is 688. The predicted molar refractivity (Wildman–Crippen MR) is 127 cm³/mol. The monoisotopic (exact) mass is 489 g/mol. The van der Waals surface area contributed by atoms with Crippen molar-refractivity contribution >= 4 is 41.4 Å². The van der Waals surface area contributed by atoms with Gasteiger partial charge in [-0.05, 0) is 43.1 Å². The summed E-state index contributed by atoms with van der Waals surface area (Å²) in [6.45, 7) is 7.17. The summed E-state index contributed by atoms with van der Waals surface area (Å²) < 4.78 is 0. The Balaban J connectivity index is 5.37. The van der Waals surface area contributed by atoms with Gasteiger partial charge in [-0.1, -0.05) is 27.7 Å². The lowest BCUT2D eigenvalue weighted by Crippen LogP contribution is -2.58. The number of carboxylic acid groups (broad SMARTS) is 1. The second kappa shape index (κ2) is 15.5. The van der Waals surface area contributed by atoms with E-state index >= 15 is 0 Å². The zero-order chi connectivity index (χ0) is 25.7. The van der Waals surface area contributed by atoms with Crippen molar-refractivity contribution in [1.82, 2.24) is 16.0 Å². The molecule has 8 N–H and O–H groups in total. The number of amides is 4. The van der Waals surface area contributed by atoms with Crippen molar-refractivity contribution in [2.45, 2.75) is 77.5 Å². The van der Waals surface area contributed by atoms with Crippen molar-refractivity contribution in [3.63, 3.8) is 0 Å². The van der Waals surface area contributed by atoms with Gasteiger partial charge in [-0.3, -0.25) is 19.2 Å². The molecule has 0 aliphatic heterocycles. The summed E-state index contributed by atoms with van der Waals surface area (Å²) in [5, 5.41) is 17.0. The molecule has 0 aliphatic rings. The molecule has 0 aliphatic carbocycles. The van der Waals surface area contributed by atoms with Crippen LogP contribution in [0.5, 0.6) is 0 Å². The molecule has 11 nitrogen and oxygen atoms in total. The first-order valence-corrected chi connectivity index (χ1v) is 12.4. The molecule has 12 heteroatoms. The smallest absolute Gasteiger partial charge is 0.326 e. The molecular formula is C21H39N5O6S. The zero-order valence-corrected chi connectivity index (χ0v) is 20.9. The van der Waals surface area contributed by atoms with Gasteiger partial charge in [0, 0.05) is 6.42 Å². The fourth-order valence-corrected chi connectivity index (χ4v) is 3.44. The van der Waals surface area contributed by atoms with Crippen molar-refractivity contribution in [2.75, 3.05) is 12.0 Å². The summed E-state index contributed by atoms with van der Waals surface area (Å²) in [5.41, 5.74) is 11.0. The lowest BCUT2D eigenvalue weighted by atomic mass is 9.99. The molecule has 0 bridgehead atoms. The molecule has 0 rings (SSSR count). The Kier molecular flexibility index (Phi) is 14.4. The molecule has 190 valence electrons. The van der Waals surface area contributed by atoms with E-state index in [1.807, 2.05) is 20.1 Å². The molecule has 4 unspecified atom stereocenters. The standard InChI is InChI=1S/C21H39N5O6S/c1-11(2)10-15(25-18(28)13(22)8-9-33-5)19(29)26-17(12(3)4)20(30)24-14(21(31)32)6-7-16(23)27/h11-15,17H,6-10,22H2,1-5H3,(H2,23,27)(H,24,30)(H,25,28)(H,26,29)(H,31,32). The Morgan fingerprint density at radius 1 is 0.879 bits per heavy atom. The number of carbonyl (C=O) groups is 5. The van der Waals surface area contributed by atoms with E-state index in [1.54, 1.807) is 25.6 Å². The largest absolute Gasteiger partial charge is 0.480 e. The van der Waals surface area contributed by atoms with Crippen molar-refractivity contribution in [3.8, 4) is 0 Å². The SMILES string of the molecule is CSCCC(N)C(=O)NC(CC(C)C)C(=O)NC(C(=O)NC(CCC(N)=O)C(=O)O)C(C)C. The van der Waals surface area contributed by atoms with Crippen molar-refractivity contribution in [2.24, 2.45) is 23.3 Å². The predicted octanol–water partition coefficient (Wildman–Crippen LogP) is -0.427. The van der Waals surface area contributed by atoms with E-state index in [0.717, 1.165) is 0 Å².